The van der Waals surface area contributed by atoms with E-state index in [-0.39, 0.29) is 11.8 Å². The molecule has 0 bridgehead atoms. The highest BCUT2D eigenvalue weighted by Crippen LogP contribution is 2.31. The highest BCUT2D eigenvalue weighted by atomic mass is 16.1. The normalized spacial score (nSPS) is 12.2. The van der Waals surface area contributed by atoms with Crippen molar-refractivity contribution in [2.24, 2.45) is 7.05 Å². The molecule has 0 aliphatic heterocycles. The molecule has 4 heteroatoms. The van der Waals surface area contributed by atoms with E-state index in [1.807, 2.05) is 67.7 Å². The summed E-state index contributed by atoms with van der Waals surface area (Å²) in [5.41, 5.74) is 4.82. The summed E-state index contributed by atoms with van der Waals surface area (Å²) in [5, 5.41) is 5.28. The van der Waals surface area contributed by atoms with Crippen LogP contribution in [0.4, 0.5) is 5.69 Å². The minimum Gasteiger partial charge on any atom is -0.350 e. The Kier molecular flexibility index (Phi) is 4.97. The highest BCUT2D eigenvalue weighted by Gasteiger charge is 2.25. The third-order valence-electron chi connectivity index (χ3n) is 5.79. The van der Waals surface area contributed by atoms with Gasteiger partial charge in [-0.1, -0.05) is 66.7 Å². The molecule has 0 saturated carbocycles. The summed E-state index contributed by atoms with van der Waals surface area (Å²) < 4.78 is 2.09. The number of fused-ring (bicyclic) bond motifs is 2. The molecule has 0 spiro atoms. The summed E-state index contributed by atoms with van der Waals surface area (Å²) in [6.07, 6.45) is 4.46. The predicted molar refractivity (Wildman–Crippen MR) is 126 cm³/mol. The van der Waals surface area contributed by atoms with E-state index >= 15 is 0 Å². The Morgan fingerprint density at radius 3 is 2.58 bits per heavy atom. The third-order valence-corrected chi connectivity index (χ3v) is 5.79. The molecule has 31 heavy (non-hydrogen) atoms. The molecule has 0 aliphatic carbocycles. The standard InChI is InChI=1S/C27H23N3O/c1-30-18-23(21-13-5-6-15-25(21)30)22(17-19-9-3-2-4-10-19)27(31)29-24-14-7-11-20-12-8-16-28-26(20)24/h2-16,18,22H,17H2,1H3,(H,29,31). The topological polar surface area (TPSA) is 46.9 Å². The van der Waals surface area contributed by atoms with Crippen LogP contribution in [0.15, 0.2) is 97.3 Å². The molecule has 2 heterocycles. The average molecular weight is 406 g/mol. The first-order valence-corrected chi connectivity index (χ1v) is 10.4. The minimum atomic E-state index is -0.326. The van der Waals surface area contributed by atoms with Gasteiger partial charge >= 0.3 is 0 Å². The zero-order valence-corrected chi connectivity index (χ0v) is 17.3. The number of aromatic nitrogens is 2. The van der Waals surface area contributed by atoms with Crippen molar-refractivity contribution in [3.05, 3.63) is 108 Å². The van der Waals surface area contributed by atoms with E-state index < -0.39 is 0 Å². The number of nitrogens with zero attached hydrogens (tertiary/aromatic N) is 2. The first-order valence-electron chi connectivity index (χ1n) is 10.4. The molecule has 5 aromatic rings. The second-order valence-corrected chi connectivity index (χ2v) is 7.82. The Labute approximate surface area is 181 Å². The number of benzene rings is 3. The summed E-state index contributed by atoms with van der Waals surface area (Å²) in [5.74, 6) is -0.356. The predicted octanol–water partition coefficient (Wildman–Crippen LogP) is 5.69. The van der Waals surface area contributed by atoms with Crippen LogP contribution in [0.2, 0.25) is 0 Å². The number of anilines is 1. The smallest absolute Gasteiger partial charge is 0.232 e. The summed E-state index contributed by atoms with van der Waals surface area (Å²) in [4.78, 5) is 18.2. The molecule has 1 unspecified atom stereocenters. The summed E-state index contributed by atoms with van der Waals surface area (Å²) >= 11 is 0. The maximum Gasteiger partial charge on any atom is 0.232 e. The fraction of sp³-hybridized carbons (Fsp3) is 0.111. The Morgan fingerprint density at radius 2 is 1.71 bits per heavy atom. The second-order valence-electron chi connectivity index (χ2n) is 7.82. The lowest BCUT2D eigenvalue weighted by molar-refractivity contribution is -0.117. The van der Waals surface area contributed by atoms with Gasteiger partial charge < -0.3 is 9.88 Å². The molecule has 152 valence electrons. The van der Waals surface area contributed by atoms with Gasteiger partial charge in [0.25, 0.3) is 0 Å². The molecule has 1 atom stereocenters. The quantitative estimate of drug-likeness (QED) is 0.408. The molecule has 0 radical (unpaired) electrons. The van der Waals surface area contributed by atoms with Gasteiger partial charge in [-0.15, -0.1) is 0 Å². The van der Waals surface area contributed by atoms with Gasteiger partial charge in [-0.05, 0) is 35.7 Å². The van der Waals surface area contributed by atoms with Crippen molar-refractivity contribution in [3.63, 3.8) is 0 Å². The molecule has 3 aromatic carbocycles. The number of aryl methyl sites for hydroxylation is 1. The summed E-state index contributed by atoms with van der Waals surface area (Å²) in [6, 6.07) is 28.2. The molecular formula is C27H23N3O. The van der Waals surface area contributed by atoms with Crippen LogP contribution < -0.4 is 5.32 Å². The van der Waals surface area contributed by atoms with Gasteiger partial charge in [0.2, 0.25) is 5.91 Å². The van der Waals surface area contributed by atoms with Crippen molar-refractivity contribution < 1.29 is 4.79 Å². The number of nitrogens with one attached hydrogen (secondary N) is 1. The number of carbonyl (C=O) groups excluding carboxylic acids is 1. The van der Waals surface area contributed by atoms with Crippen molar-refractivity contribution >= 4 is 33.4 Å². The van der Waals surface area contributed by atoms with E-state index in [4.69, 9.17) is 0 Å². The summed E-state index contributed by atoms with van der Waals surface area (Å²) in [6.45, 7) is 0. The number of amides is 1. The van der Waals surface area contributed by atoms with Gasteiger partial charge in [-0.25, -0.2) is 0 Å². The van der Waals surface area contributed by atoms with Crippen molar-refractivity contribution in [3.8, 4) is 0 Å². The van der Waals surface area contributed by atoms with Gasteiger partial charge in [-0.2, -0.15) is 0 Å². The number of carbonyl (C=O) groups is 1. The first kappa shape index (κ1) is 19.1. The molecule has 0 saturated heterocycles. The first-order chi connectivity index (χ1) is 15.2. The number of para-hydroxylation sites is 2. The van der Waals surface area contributed by atoms with E-state index in [1.54, 1.807) is 6.20 Å². The Morgan fingerprint density at radius 1 is 0.935 bits per heavy atom. The van der Waals surface area contributed by atoms with Gasteiger partial charge in [-0.3, -0.25) is 9.78 Å². The van der Waals surface area contributed by atoms with Crippen LogP contribution in [0.25, 0.3) is 21.8 Å². The maximum absolute atomic E-state index is 13.7. The molecule has 4 nitrogen and oxygen atoms in total. The highest BCUT2D eigenvalue weighted by molar-refractivity contribution is 6.04. The largest absolute Gasteiger partial charge is 0.350 e. The molecule has 5 rings (SSSR count). The average Bonchev–Trinajstić information content (AvgIpc) is 3.15. The number of hydrogen-bond acceptors (Lipinski definition) is 2. The number of pyridine rings is 1. The van der Waals surface area contributed by atoms with E-state index in [0.717, 1.165) is 38.6 Å². The van der Waals surface area contributed by atoms with Gasteiger partial charge in [0.1, 0.15) is 0 Å². The van der Waals surface area contributed by atoms with Crippen molar-refractivity contribution in [1.29, 1.82) is 0 Å². The van der Waals surface area contributed by atoms with Crippen LogP contribution in [0, 0.1) is 0 Å². The molecule has 0 aliphatic rings. The van der Waals surface area contributed by atoms with Crippen molar-refractivity contribution in [2.45, 2.75) is 12.3 Å². The van der Waals surface area contributed by atoms with Crippen LogP contribution in [0.5, 0.6) is 0 Å². The lowest BCUT2D eigenvalue weighted by Gasteiger charge is -2.18. The van der Waals surface area contributed by atoms with Gasteiger partial charge in [0.15, 0.2) is 0 Å². The Bertz CT molecular complexity index is 1370. The maximum atomic E-state index is 13.7. The number of rotatable bonds is 5. The fourth-order valence-corrected chi connectivity index (χ4v) is 4.27. The Balaban J connectivity index is 1.57. The molecule has 0 fully saturated rings. The lowest BCUT2D eigenvalue weighted by Crippen LogP contribution is -2.23. The van der Waals surface area contributed by atoms with Crippen LogP contribution in [0.1, 0.15) is 17.0 Å². The zero-order chi connectivity index (χ0) is 21.2. The second kappa shape index (κ2) is 8.07. The number of hydrogen-bond donors (Lipinski definition) is 1. The minimum absolute atomic E-state index is 0.0293. The van der Waals surface area contributed by atoms with Crippen molar-refractivity contribution in [1.82, 2.24) is 9.55 Å². The molecule has 1 N–H and O–H groups in total. The van der Waals surface area contributed by atoms with Crippen LogP contribution in [-0.2, 0) is 18.3 Å². The van der Waals surface area contributed by atoms with Crippen molar-refractivity contribution in [2.75, 3.05) is 5.32 Å². The fourth-order valence-electron chi connectivity index (χ4n) is 4.27. The van der Waals surface area contributed by atoms with Crippen LogP contribution >= 0.6 is 0 Å². The van der Waals surface area contributed by atoms with Gasteiger partial charge in [0, 0.05) is 35.7 Å². The van der Waals surface area contributed by atoms with E-state index in [2.05, 4.69) is 45.3 Å². The van der Waals surface area contributed by atoms with E-state index in [1.165, 1.54) is 0 Å². The molecular weight excluding hydrogens is 382 g/mol. The SMILES string of the molecule is Cn1cc(C(Cc2ccccc2)C(=O)Nc2cccc3cccnc23)c2ccccc21. The summed E-state index contributed by atoms with van der Waals surface area (Å²) in [7, 11) is 2.03. The van der Waals surface area contributed by atoms with Gasteiger partial charge in [0.05, 0.1) is 17.1 Å². The molecule has 2 aromatic heterocycles. The third kappa shape index (κ3) is 3.68. The molecule has 1 amide bonds. The van der Waals surface area contributed by atoms with Crippen LogP contribution in [-0.4, -0.2) is 15.5 Å². The Hall–Kier alpha value is -3.92. The van der Waals surface area contributed by atoms with E-state index in [0.29, 0.717) is 6.42 Å². The van der Waals surface area contributed by atoms with E-state index in [9.17, 15) is 4.79 Å². The monoisotopic (exact) mass is 405 g/mol. The zero-order valence-electron chi connectivity index (χ0n) is 17.3. The van der Waals surface area contributed by atoms with Crippen LogP contribution in [0.3, 0.4) is 0 Å². The lowest BCUT2D eigenvalue weighted by atomic mass is 9.90.